The average molecular weight is 242 g/mol. The van der Waals surface area contributed by atoms with Crippen LogP contribution in [0.15, 0.2) is 0 Å². The molecule has 1 saturated heterocycles. The lowest BCUT2D eigenvalue weighted by atomic mass is 9.98. The van der Waals surface area contributed by atoms with Crippen molar-refractivity contribution in [1.29, 1.82) is 0 Å². The highest BCUT2D eigenvalue weighted by molar-refractivity contribution is 5.75. The first kappa shape index (κ1) is 14.3. The molecule has 4 nitrogen and oxygen atoms in total. The van der Waals surface area contributed by atoms with Gasteiger partial charge in [0.2, 0.25) is 0 Å². The van der Waals surface area contributed by atoms with Crippen LogP contribution in [0.4, 0.5) is 4.79 Å². The van der Waals surface area contributed by atoms with Crippen LogP contribution in [0, 0.1) is 0 Å². The van der Waals surface area contributed by atoms with E-state index in [0.717, 1.165) is 25.7 Å². The van der Waals surface area contributed by atoms with Gasteiger partial charge in [0.05, 0.1) is 6.10 Å². The minimum Gasteiger partial charge on any atom is -0.391 e. The topological polar surface area (TPSA) is 52.6 Å². The fourth-order valence-electron chi connectivity index (χ4n) is 2.55. The number of rotatable bonds is 4. The highest BCUT2D eigenvalue weighted by Crippen LogP contribution is 2.22. The third-order valence-electron chi connectivity index (χ3n) is 3.54. The maximum Gasteiger partial charge on any atom is 0.317 e. The average Bonchev–Trinajstić information content (AvgIpc) is 2.26. The monoisotopic (exact) mass is 242 g/mol. The molecule has 3 atom stereocenters. The normalized spacial score (nSPS) is 26.7. The van der Waals surface area contributed by atoms with Gasteiger partial charge in [0.25, 0.3) is 0 Å². The van der Waals surface area contributed by atoms with Gasteiger partial charge in [0.15, 0.2) is 0 Å². The summed E-state index contributed by atoms with van der Waals surface area (Å²) in [5.41, 5.74) is 0. The number of hydrogen-bond donors (Lipinski definition) is 2. The highest BCUT2D eigenvalue weighted by atomic mass is 16.3. The van der Waals surface area contributed by atoms with Crippen LogP contribution in [-0.4, -0.2) is 40.8 Å². The Hall–Kier alpha value is -0.770. The molecule has 0 aromatic heterocycles. The number of nitrogens with zero attached hydrogens (tertiary/aromatic N) is 1. The number of nitrogens with one attached hydrogen (secondary N) is 1. The van der Waals surface area contributed by atoms with Crippen LogP contribution in [0.2, 0.25) is 0 Å². The molecule has 1 aliphatic rings. The zero-order valence-electron chi connectivity index (χ0n) is 11.3. The molecular formula is C13H26N2O2. The van der Waals surface area contributed by atoms with Crippen LogP contribution >= 0.6 is 0 Å². The summed E-state index contributed by atoms with van der Waals surface area (Å²) >= 11 is 0. The number of amides is 2. The van der Waals surface area contributed by atoms with Crippen molar-refractivity contribution < 1.29 is 9.90 Å². The quantitative estimate of drug-likeness (QED) is 0.793. The van der Waals surface area contributed by atoms with Crippen molar-refractivity contribution in [3.63, 3.8) is 0 Å². The van der Waals surface area contributed by atoms with E-state index < -0.39 is 6.10 Å². The van der Waals surface area contributed by atoms with E-state index in [-0.39, 0.29) is 6.03 Å². The number of hydrogen-bond acceptors (Lipinski definition) is 2. The number of aliphatic hydroxyl groups is 1. The Morgan fingerprint density at radius 1 is 1.41 bits per heavy atom. The summed E-state index contributed by atoms with van der Waals surface area (Å²) in [5, 5.41) is 12.4. The molecule has 1 fully saturated rings. The Kier molecular flexibility index (Phi) is 5.75. The van der Waals surface area contributed by atoms with Gasteiger partial charge in [-0.15, -0.1) is 0 Å². The largest absolute Gasteiger partial charge is 0.391 e. The van der Waals surface area contributed by atoms with E-state index in [1.807, 2.05) is 11.8 Å². The Morgan fingerprint density at radius 3 is 2.53 bits per heavy atom. The first-order valence-corrected chi connectivity index (χ1v) is 6.80. The van der Waals surface area contributed by atoms with Gasteiger partial charge in [0.1, 0.15) is 0 Å². The predicted octanol–water partition coefficient (Wildman–Crippen LogP) is 2.12. The van der Waals surface area contributed by atoms with E-state index in [0.29, 0.717) is 18.6 Å². The molecule has 0 radical (unpaired) electrons. The molecule has 0 aliphatic carbocycles. The minimum atomic E-state index is -0.417. The molecule has 1 heterocycles. The minimum absolute atomic E-state index is 0.0279. The van der Waals surface area contributed by atoms with Crippen molar-refractivity contribution in [1.82, 2.24) is 10.2 Å². The second-order valence-corrected chi connectivity index (χ2v) is 5.16. The Labute approximate surface area is 104 Å². The maximum atomic E-state index is 12.0. The fraction of sp³-hybridized carbons (Fsp3) is 0.923. The van der Waals surface area contributed by atoms with E-state index in [9.17, 15) is 9.90 Å². The second kappa shape index (κ2) is 6.84. The van der Waals surface area contributed by atoms with E-state index in [4.69, 9.17) is 0 Å². The van der Waals surface area contributed by atoms with Gasteiger partial charge in [-0.3, -0.25) is 0 Å². The van der Waals surface area contributed by atoms with Crippen molar-refractivity contribution in [2.75, 3.05) is 6.54 Å². The lowest BCUT2D eigenvalue weighted by molar-refractivity contribution is 0.113. The third-order valence-corrected chi connectivity index (χ3v) is 3.54. The Morgan fingerprint density at radius 2 is 2.00 bits per heavy atom. The van der Waals surface area contributed by atoms with Gasteiger partial charge in [-0.1, -0.05) is 13.3 Å². The summed E-state index contributed by atoms with van der Waals surface area (Å²) in [7, 11) is 0. The fourth-order valence-corrected chi connectivity index (χ4v) is 2.55. The smallest absolute Gasteiger partial charge is 0.317 e. The summed E-state index contributed by atoms with van der Waals surface area (Å²) < 4.78 is 0. The molecule has 0 spiro atoms. The Balaban J connectivity index is 2.40. The number of piperidine rings is 1. The Bertz CT molecular complexity index is 236. The standard InChI is InChI=1S/C13H26N2O2/c1-4-6-12(16)9-14-13(17)15-10(2)7-5-8-11(15)3/h10-12,16H,4-9H2,1-3H3,(H,14,17). The van der Waals surface area contributed by atoms with Crippen LogP contribution in [0.5, 0.6) is 0 Å². The van der Waals surface area contributed by atoms with Gasteiger partial charge >= 0.3 is 6.03 Å². The van der Waals surface area contributed by atoms with Crippen LogP contribution in [-0.2, 0) is 0 Å². The molecule has 2 N–H and O–H groups in total. The molecule has 0 aromatic rings. The van der Waals surface area contributed by atoms with E-state index in [2.05, 4.69) is 19.2 Å². The number of likely N-dealkylation sites (tertiary alicyclic amines) is 1. The lowest BCUT2D eigenvalue weighted by Crippen LogP contribution is -2.52. The lowest BCUT2D eigenvalue weighted by Gasteiger charge is -2.39. The molecule has 4 heteroatoms. The van der Waals surface area contributed by atoms with Crippen molar-refractivity contribution in [2.45, 2.75) is 71.1 Å². The summed E-state index contributed by atoms with van der Waals surface area (Å²) in [4.78, 5) is 14.0. The molecule has 100 valence electrons. The molecule has 0 aromatic carbocycles. The zero-order chi connectivity index (χ0) is 12.8. The van der Waals surface area contributed by atoms with Gasteiger partial charge < -0.3 is 15.3 Å². The van der Waals surface area contributed by atoms with Crippen molar-refractivity contribution in [3.8, 4) is 0 Å². The van der Waals surface area contributed by atoms with Gasteiger partial charge in [-0.2, -0.15) is 0 Å². The summed E-state index contributed by atoms with van der Waals surface area (Å²) in [6, 6.07) is 0.587. The van der Waals surface area contributed by atoms with Gasteiger partial charge in [-0.05, 0) is 39.5 Å². The molecule has 17 heavy (non-hydrogen) atoms. The molecule has 2 amide bonds. The number of urea groups is 1. The van der Waals surface area contributed by atoms with E-state index >= 15 is 0 Å². The maximum absolute atomic E-state index is 12.0. The van der Waals surface area contributed by atoms with Crippen LogP contribution in [0.25, 0.3) is 0 Å². The molecular weight excluding hydrogens is 216 g/mol. The summed E-state index contributed by atoms with van der Waals surface area (Å²) in [5.74, 6) is 0. The van der Waals surface area contributed by atoms with Crippen LogP contribution in [0.3, 0.4) is 0 Å². The first-order chi connectivity index (χ1) is 8.06. The van der Waals surface area contributed by atoms with Crippen molar-refractivity contribution >= 4 is 6.03 Å². The second-order valence-electron chi connectivity index (χ2n) is 5.16. The van der Waals surface area contributed by atoms with Gasteiger partial charge in [-0.25, -0.2) is 4.79 Å². The first-order valence-electron chi connectivity index (χ1n) is 6.80. The highest BCUT2D eigenvalue weighted by Gasteiger charge is 2.28. The molecule has 0 bridgehead atoms. The number of aliphatic hydroxyl groups excluding tert-OH is 1. The third kappa shape index (κ3) is 4.19. The molecule has 1 rings (SSSR count). The predicted molar refractivity (Wildman–Crippen MR) is 68.9 cm³/mol. The number of carbonyl (C=O) groups excluding carboxylic acids is 1. The van der Waals surface area contributed by atoms with E-state index in [1.165, 1.54) is 6.42 Å². The molecule has 0 saturated carbocycles. The molecule has 3 unspecified atom stereocenters. The summed E-state index contributed by atoms with van der Waals surface area (Å²) in [6.45, 7) is 6.58. The number of carbonyl (C=O) groups is 1. The van der Waals surface area contributed by atoms with Crippen molar-refractivity contribution in [2.24, 2.45) is 0 Å². The summed E-state index contributed by atoms with van der Waals surface area (Å²) in [6.07, 6.45) is 4.62. The zero-order valence-corrected chi connectivity index (χ0v) is 11.3. The van der Waals surface area contributed by atoms with Crippen LogP contribution < -0.4 is 5.32 Å². The van der Waals surface area contributed by atoms with Crippen molar-refractivity contribution in [3.05, 3.63) is 0 Å². The SMILES string of the molecule is CCCC(O)CNC(=O)N1C(C)CCCC1C. The van der Waals surface area contributed by atoms with Gasteiger partial charge in [0, 0.05) is 18.6 Å². The molecule has 1 aliphatic heterocycles. The van der Waals surface area contributed by atoms with Crippen LogP contribution in [0.1, 0.15) is 52.9 Å². The van der Waals surface area contributed by atoms with E-state index in [1.54, 1.807) is 0 Å².